The van der Waals surface area contributed by atoms with Gasteiger partial charge in [-0.05, 0) is 55.3 Å². The molecule has 1 N–H and O–H groups in total. The average molecular weight is 612 g/mol. The van der Waals surface area contributed by atoms with Gasteiger partial charge in [0.15, 0.2) is 11.7 Å². The summed E-state index contributed by atoms with van der Waals surface area (Å²) in [5.74, 6) is 2.78. The van der Waals surface area contributed by atoms with E-state index >= 15 is 0 Å². The number of para-hydroxylation sites is 1. The number of carbonyl (C=O) groups is 1. The zero-order chi connectivity index (χ0) is 31.7. The lowest BCUT2D eigenvalue weighted by atomic mass is 9.99. The van der Waals surface area contributed by atoms with E-state index in [0.29, 0.717) is 42.4 Å². The Labute approximate surface area is 269 Å². The molecule has 0 bridgehead atoms. The molecule has 0 amide bonds. The predicted molar refractivity (Wildman–Crippen MR) is 179 cm³/mol. The van der Waals surface area contributed by atoms with E-state index in [1.807, 2.05) is 116 Å². The fraction of sp³-hybridized carbons (Fsp3) is 0.205. The molecule has 6 rings (SSSR count). The molecule has 232 valence electrons. The first-order chi connectivity index (χ1) is 22.6. The lowest BCUT2D eigenvalue weighted by Gasteiger charge is -2.21. The van der Waals surface area contributed by atoms with Crippen molar-refractivity contribution >= 4 is 11.5 Å². The number of benzene rings is 4. The van der Waals surface area contributed by atoms with Crippen LogP contribution < -0.4 is 10.1 Å². The first kappa shape index (κ1) is 30.6. The summed E-state index contributed by atoms with van der Waals surface area (Å²) in [6, 6.07) is 34.6. The summed E-state index contributed by atoms with van der Waals surface area (Å²) >= 11 is 0. The van der Waals surface area contributed by atoms with Gasteiger partial charge in [-0.1, -0.05) is 86.1 Å². The van der Waals surface area contributed by atoms with Crippen LogP contribution in [0.4, 0.5) is 5.69 Å². The molecule has 0 saturated heterocycles. The molecular weight excluding hydrogens is 574 g/mol. The zero-order valence-corrected chi connectivity index (χ0v) is 26.1. The van der Waals surface area contributed by atoms with Crippen LogP contribution >= 0.6 is 0 Å². The highest BCUT2D eigenvalue weighted by Crippen LogP contribution is 2.29. The van der Waals surface area contributed by atoms with E-state index in [-0.39, 0.29) is 11.8 Å². The molecule has 0 saturated carbocycles. The van der Waals surface area contributed by atoms with E-state index in [1.165, 1.54) is 0 Å². The minimum Gasteiger partial charge on any atom is -0.493 e. The zero-order valence-electron chi connectivity index (χ0n) is 26.1. The molecule has 0 aliphatic rings. The van der Waals surface area contributed by atoms with E-state index in [4.69, 9.17) is 18.6 Å². The maximum Gasteiger partial charge on any atom is 0.226 e. The number of anilines is 1. The van der Waals surface area contributed by atoms with Crippen molar-refractivity contribution in [1.82, 2.24) is 9.97 Å². The minimum atomic E-state index is -0.207. The van der Waals surface area contributed by atoms with Crippen molar-refractivity contribution in [2.75, 3.05) is 11.9 Å². The number of oxazole rings is 2. The first-order valence-electron chi connectivity index (χ1n) is 15.7. The summed E-state index contributed by atoms with van der Waals surface area (Å²) in [7, 11) is 0. The monoisotopic (exact) mass is 611 g/mol. The van der Waals surface area contributed by atoms with Crippen molar-refractivity contribution in [1.29, 1.82) is 0 Å². The largest absolute Gasteiger partial charge is 0.493 e. The summed E-state index contributed by atoms with van der Waals surface area (Å²) < 4.78 is 17.9. The van der Waals surface area contributed by atoms with Gasteiger partial charge in [0.05, 0.1) is 24.0 Å². The van der Waals surface area contributed by atoms with Gasteiger partial charge in [0.2, 0.25) is 5.89 Å². The molecule has 1 atom stereocenters. The SMILES string of the molecule is CCCc1coc(CC(Nc2ccccc2C(=O)c2ccccc2)c2ccc(OCCc3nc(-c4ccccc4)oc3C)cc2)n1. The Morgan fingerprint density at radius 1 is 0.848 bits per heavy atom. The smallest absolute Gasteiger partial charge is 0.226 e. The number of ketones is 1. The number of nitrogens with zero attached hydrogens (tertiary/aromatic N) is 2. The summed E-state index contributed by atoms with van der Waals surface area (Å²) in [4.78, 5) is 22.9. The summed E-state index contributed by atoms with van der Waals surface area (Å²) in [6.07, 6.45) is 4.73. The fourth-order valence-electron chi connectivity index (χ4n) is 5.41. The summed E-state index contributed by atoms with van der Waals surface area (Å²) in [5.41, 5.74) is 5.80. The van der Waals surface area contributed by atoms with Crippen molar-refractivity contribution in [3.63, 3.8) is 0 Å². The Hall–Kier alpha value is -5.43. The highest BCUT2D eigenvalue weighted by Gasteiger charge is 2.20. The highest BCUT2D eigenvalue weighted by atomic mass is 16.5. The number of aromatic nitrogens is 2. The topological polar surface area (TPSA) is 90.4 Å². The van der Waals surface area contributed by atoms with Gasteiger partial charge in [-0.2, -0.15) is 0 Å². The number of aryl methyl sites for hydroxylation is 2. The second-order valence-corrected chi connectivity index (χ2v) is 11.2. The lowest BCUT2D eigenvalue weighted by Crippen LogP contribution is -2.16. The second kappa shape index (κ2) is 14.6. The Balaban J connectivity index is 1.18. The van der Waals surface area contributed by atoms with Gasteiger partial charge in [-0.15, -0.1) is 0 Å². The number of hydrogen-bond acceptors (Lipinski definition) is 7. The summed E-state index contributed by atoms with van der Waals surface area (Å²) in [6.45, 7) is 4.52. The van der Waals surface area contributed by atoms with Crippen molar-refractivity contribution in [2.24, 2.45) is 0 Å². The standard InChI is InChI=1S/C39H37N3O4/c1-3-12-31-26-45-37(40-31)25-36(41-35-18-11-10-17-33(35)38(43)29-13-6-4-7-14-29)28-19-21-32(22-20-28)44-24-23-34-27(2)46-39(42-34)30-15-8-5-9-16-30/h4-11,13-22,26,36,41H,3,12,23-25H2,1-2H3. The fourth-order valence-corrected chi connectivity index (χ4v) is 5.41. The third-order valence-electron chi connectivity index (χ3n) is 7.83. The predicted octanol–water partition coefficient (Wildman–Crippen LogP) is 8.84. The van der Waals surface area contributed by atoms with Crippen molar-refractivity contribution in [3.8, 4) is 17.2 Å². The number of hydrogen-bond donors (Lipinski definition) is 1. The second-order valence-electron chi connectivity index (χ2n) is 11.2. The van der Waals surface area contributed by atoms with Crippen LogP contribution in [0.15, 0.2) is 124 Å². The molecule has 6 aromatic rings. The molecule has 7 nitrogen and oxygen atoms in total. The number of nitrogens with one attached hydrogen (secondary N) is 1. The molecule has 46 heavy (non-hydrogen) atoms. The van der Waals surface area contributed by atoms with Crippen molar-refractivity contribution in [3.05, 3.63) is 155 Å². The van der Waals surface area contributed by atoms with Crippen LogP contribution in [0.3, 0.4) is 0 Å². The first-order valence-corrected chi connectivity index (χ1v) is 15.7. The maximum absolute atomic E-state index is 13.5. The molecule has 0 aliphatic carbocycles. The minimum absolute atomic E-state index is 0.0363. The Morgan fingerprint density at radius 2 is 1.57 bits per heavy atom. The van der Waals surface area contributed by atoms with Crippen LogP contribution in [-0.2, 0) is 19.3 Å². The highest BCUT2D eigenvalue weighted by molar-refractivity contribution is 6.12. The maximum atomic E-state index is 13.5. The Morgan fingerprint density at radius 3 is 2.33 bits per heavy atom. The molecule has 1 unspecified atom stereocenters. The Kier molecular flexibility index (Phi) is 9.69. The Bertz CT molecular complexity index is 1860. The van der Waals surface area contributed by atoms with Crippen LogP contribution in [0, 0.1) is 6.92 Å². The van der Waals surface area contributed by atoms with Gasteiger partial charge in [0.25, 0.3) is 0 Å². The van der Waals surface area contributed by atoms with Crippen LogP contribution in [0.5, 0.6) is 5.75 Å². The average Bonchev–Trinajstić information content (AvgIpc) is 3.71. The van der Waals surface area contributed by atoms with E-state index in [2.05, 4.69) is 17.2 Å². The van der Waals surface area contributed by atoms with Crippen molar-refractivity contribution in [2.45, 2.75) is 45.6 Å². The van der Waals surface area contributed by atoms with Crippen LogP contribution in [0.1, 0.15) is 63.9 Å². The molecule has 0 spiro atoms. The molecule has 0 aliphatic heterocycles. The van der Waals surface area contributed by atoms with E-state index in [9.17, 15) is 4.79 Å². The molecule has 2 heterocycles. The molecule has 0 radical (unpaired) electrons. The number of rotatable bonds is 14. The normalized spacial score (nSPS) is 11.7. The molecule has 2 aromatic heterocycles. The van der Waals surface area contributed by atoms with E-state index < -0.39 is 0 Å². The third kappa shape index (κ3) is 7.44. The van der Waals surface area contributed by atoms with Gasteiger partial charge < -0.3 is 18.9 Å². The van der Waals surface area contributed by atoms with E-state index in [0.717, 1.165) is 52.6 Å². The number of ether oxygens (including phenoxy) is 1. The molecule has 4 aromatic carbocycles. The third-order valence-corrected chi connectivity index (χ3v) is 7.83. The van der Waals surface area contributed by atoms with Gasteiger partial charge in [0.1, 0.15) is 17.8 Å². The van der Waals surface area contributed by atoms with Crippen LogP contribution in [-0.4, -0.2) is 22.4 Å². The van der Waals surface area contributed by atoms with Gasteiger partial charge >= 0.3 is 0 Å². The van der Waals surface area contributed by atoms with Crippen LogP contribution in [0.2, 0.25) is 0 Å². The van der Waals surface area contributed by atoms with Gasteiger partial charge in [-0.25, -0.2) is 9.97 Å². The quantitative estimate of drug-likeness (QED) is 0.123. The summed E-state index contributed by atoms with van der Waals surface area (Å²) in [5, 5.41) is 3.63. The van der Waals surface area contributed by atoms with E-state index in [1.54, 1.807) is 6.26 Å². The van der Waals surface area contributed by atoms with Gasteiger partial charge in [-0.3, -0.25) is 4.79 Å². The number of carbonyl (C=O) groups excluding carboxylic acids is 1. The molecule has 0 fully saturated rings. The van der Waals surface area contributed by atoms with Gasteiger partial charge in [0, 0.05) is 35.2 Å². The van der Waals surface area contributed by atoms with Crippen molar-refractivity contribution < 1.29 is 18.4 Å². The lowest BCUT2D eigenvalue weighted by molar-refractivity contribution is 0.103. The van der Waals surface area contributed by atoms with Crippen LogP contribution in [0.25, 0.3) is 11.5 Å². The molecule has 7 heteroatoms. The molecular formula is C39H37N3O4.